The van der Waals surface area contributed by atoms with Gasteiger partial charge in [0.25, 0.3) is 0 Å². The standard InChI is InChI=1S/C13H21N3O4S/c1-8-6-11(8)7-14-21(19,20)13-9(2)15-16(10(13)3)5-4-12(17)18/h8,11,14H,4-7H2,1-3H3,(H,17,18). The van der Waals surface area contributed by atoms with Gasteiger partial charge >= 0.3 is 5.97 Å². The van der Waals surface area contributed by atoms with Gasteiger partial charge in [-0.3, -0.25) is 9.48 Å². The van der Waals surface area contributed by atoms with Crippen LogP contribution < -0.4 is 4.72 Å². The van der Waals surface area contributed by atoms with Crippen molar-refractivity contribution in [1.82, 2.24) is 14.5 Å². The zero-order valence-electron chi connectivity index (χ0n) is 12.5. The van der Waals surface area contributed by atoms with Gasteiger partial charge in [-0.05, 0) is 32.1 Å². The fourth-order valence-electron chi connectivity index (χ4n) is 2.46. The van der Waals surface area contributed by atoms with Crippen LogP contribution in [0.1, 0.15) is 31.2 Å². The fraction of sp³-hybridized carbons (Fsp3) is 0.692. The maximum absolute atomic E-state index is 12.4. The van der Waals surface area contributed by atoms with Gasteiger partial charge in [-0.1, -0.05) is 6.92 Å². The zero-order chi connectivity index (χ0) is 15.8. The Kier molecular flexibility index (Phi) is 4.38. The summed E-state index contributed by atoms with van der Waals surface area (Å²) in [7, 11) is -3.60. The number of nitrogens with one attached hydrogen (secondary N) is 1. The van der Waals surface area contributed by atoms with Crippen molar-refractivity contribution in [3.05, 3.63) is 11.4 Å². The Labute approximate surface area is 124 Å². The largest absolute Gasteiger partial charge is 0.481 e. The van der Waals surface area contributed by atoms with Crippen LogP contribution in [0.5, 0.6) is 0 Å². The molecule has 1 saturated carbocycles. The highest BCUT2D eigenvalue weighted by molar-refractivity contribution is 7.89. The van der Waals surface area contributed by atoms with Crippen LogP contribution in [0.25, 0.3) is 0 Å². The van der Waals surface area contributed by atoms with Crippen LogP contribution in [0.4, 0.5) is 0 Å². The molecule has 0 aliphatic heterocycles. The molecule has 2 N–H and O–H groups in total. The van der Waals surface area contributed by atoms with E-state index >= 15 is 0 Å². The smallest absolute Gasteiger partial charge is 0.305 e. The van der Waals surface area contributed by atoms with Gasteiger partial charge < -0.3 is 5.11 Å². The molecule has 1 aliphatic carbocycles. The van der Waals surface area contributed by atoms with E-state index in [1.807, 2.05) is 0 Å². The van der Waals surface area contributed by atoms with Gasteiger partial charge in [0.05, 0.1) is 24.4 Å². The first-order valence-corrected chi connectivity index (χ1v) is 8.46. The number of carboxylic acids is 1. The van der Waals surface area contributed by atoms with Gasteiger partial charge in [-0.15, -0.1) is 0 Å². The fourth-order valence-corrected chi connectivity index (χ4v) is 3.96. The third-order valence-electron chi connectivity index (χ3n) is 3.93. The lowest BCUT2D eigenvalue weighted by Gasteiger charge is -2.07. The van der Waals surface area contributed by atoms with Crippen LogP contribution in [0, 0.1) is 25.7 Å². The molecule has 0 radical (unpaired) electrons. The van der Waals surface area contributed by atoms with Gasteiger partial charge in [0.15, 0.2) is 0 Å². The zero-order valence-corrected chi connectivity index (χ0v) is 13.3. The van der Waals surface area contributed by atoms with Crippen LogP contribution in [0.3, 0.4) is 0 Å². The molecule has 1 aromatic heterocycles. The molecule has 1 fully saturated rings. The molecule has 8 heteroatoms. The number of carboxylic acid groups (broad SMARTS) is 1. The van der Waals surface area contributed by atoms with E-state index in [1.165, 1.54) is 4.68 Å². The van der Waals surface area contributed by atoms with Gasteiger partial charge in [-0.2, -0.15) is 5.10 Å². The predicted molar refractivity (Wildman–Crippen MR) is 76.4 cm³/mol. The summed E-state index contributed by atoms with van der Waals surface area (Å²) in [5.41, 5.74) is 0.874. The summed E-state index contributed by atoms with van der Waals surface area (Å²) in [5, 5.41) is 12.8. The van der Waals surface area contributed by atoms with Crippen LogP contribution >= 0.6 is 0 Å². The molecule has 0 spiro atoms. The first-order chi connectivity index (χ1) is 9.72. The number of hydrogen-bond acceptors (Lipinski definition) is 4. The molecule has 0 amide bonds. The Hall–Kier alpha value is -1.41. The minimum atomic E-state index is -3.60. The molecular formula is C13H21N3O4S. The number of carbonyl (C=O) groups is 1. The van der Waals surface area contributed by atoms with Crippen molar-refractivity contribution in [3.63, 3.8) is 0 Å². The quantitative estimate of drug-likeness (QED) is 0.779. The number of hydrogen-bond donors (Lipinski definition) is 2. The van der Waals surface area contributed by atoms with Crippen molar-refractivity contribution in [3.8, 4) is 0 Å². The van der Waals surface area contributed by atoms with Gasteiger partial charge in [-0.25, -0.2) is 13.1 Å². The van der Waals surface area contributed by atoms with Crippen molar-refractivity contribution in [2.45, 2.75) is 45.1 Å². The topological polar surface area (TPSA) is 101 Å². The summed E-state index contributed by atoms with van der Waals surface area (Å²) in [6, 6.07) is 0. The lowest BCUT2D eigenvalue weighted by molar-refractivity contribution is -0.137. The van der Waals surface area contributed by atoms with Crippen LogP contribution in [-0.2, 0) is 21.4 Å². The predicted octanol–water partition coefficient (Wildman–Crippen LogP) is 0.909. The lowest BCUT2D eigenvalue weighted by atomic mass is 10.3. The molecule has 0 aromatic carbocycles. The van der Waals surface area contributed by atoms with Crippen molar-refractivity contribution < 1.29 is 18.3 Å². The number of aliphatic carboxylic acids is 1. The van der Waals surface area contributed by atoms with Gasteiger partial charge in [0.1, 0.15) is 4.90 Å². The van der Waals surface area contributed by atoms with E-state index in [0.717, 1.165) is 6.42 Å². The summed E-state index contributed by atoms with van der Waals surface area (Å²) >= 11 is 0. The third kappa shape index (κ3) is 3.62. The summed E-state index contributed by atoms with van der Waals surface area (Å²) in [6.07, 6.45) is 0.965. The van der Waals surface area contributed by atoms with E-state index in [-0.39, 0.29) is 17.9 Å². The highest BCUT2D eigenvalue weighted by atomic mass is 32.2. The first-order valence-electron chi connectivity index (χ1n) is 6.98. The van der Waals surface area contributed by atoms with E-state index in [2.05, 4.69) is 16.7 Å². The van der Waals surface area contributed by atoms with Gasteiger partial charge in [0.2, 0.25) is 10.0 Å². The molecule has 7 nitrogen and oxygen atoms in total. The monoisotopic (exact) mass is 315 g/mol. The third-order valence-corrected chi connectivity index (χ3v) is 5.61. The summed E-state index contributed by atoms with van der Waals surface area (Å²) in [6.45, 7) is 5.98. The Balaban J connectivity index is 2.15. The Morgan fingerprint density at radius 3 is 2.62 bits per heavy atom. The average Bonchev–Trinajstić information content (AvgIpc) is 2.99. The van der Waals surface area contributed by atoms with E-state index in [9.17, 15) is 13.2 Å². The maximum atomic E-state index is 12.4. The summed E-state index contributed by atoms with van der Waals surface area (Å²) in [4.78, 5) is 10.8. The van der Waals surface area contributed by atoms with E-state index in [1.54, 1.807) is 13.8 Å². The minimum absolute atomic E-state index is 0.0888. The molecule has 2 unspecified atom stereocenters. The molecule has 1 heterocycles. The highest BCUT2D eigenvalue weighted by Gasteiger charge is 2.34. The molecule has 2 atom stereocenters. The summed E-state index contributed by atoms with van der Waals surface area (Å²) in [5.74, 6) is 0.0587. The Morgan fingerprint density at radius 1 is 1.48 bits per heavy atom. The van der Waals surface area contributed by atoms with Crippen molar-refractivity contribution in [1.29, 1.82) is 0 Å². The van der Waals surface area contributed by atoms with E-state index < -0.39 is 16.0 Å². The molecule has 0 bridgehead atoms. The Morgan fingerprint density at radius 2 is 2.10 bits per heavy atom. The molecule has 0 saturated heterocycles. The van der Waals surface area contributed by atoms with Crippen molar-refractivity contribution in [2.24, 2.45) is 11.8 Å². The van der Waals surface area contributed by atoms with E-state index in [0.29, 0.717) is 29.8 Å². The number of sulfonamides is 1. The first kappa shape index (κ1) is 16.0. The molecule has 21 heavy (non-hydrogen) atoms. The molecule has 1 aromatic rings. The minimum Gasteiger partial charge on any atom is -0.481 e. The van der Waals surface area contributed by atoms with Crippen LogP contribution in [0.2, 0.25) is 0 Å². The second-order valence-corrected chi connectivity index (χ2v) is 7.40. The number of aryl methyl sites for hydroxylation is 2. The van der Waals surface area contributed by atoms with Gasteiger partial charge in [0, 0.05) is 6.54 Å². The van der Waals surface area contributed by atoms with E-state index in [4.69, 9.17) is 5.11 Å². The number of rotatable bonds is 7. The molecule has 2 rings (SSSR count). The second-order valence-electron chi connectivity index (χ2n) is 5.69. The van der Waals surface area contributed by atoms with Crippen LogP contribution in [-0.4, -0.2) is 35.8 Å². The second kappa shape index (κ2) is 5.76. The number of aromatic nitrogens is 2. The summed E-state index contributed by atoms with van der Waals surface area (Å²) < 4.78 is 28.8. The average molecular weight is 315 g/mol. The van der Waals surface area contributed by atoms with Crippen LogP contribution in [0.15, 0.2) is 4.90 Å². The normalized spacial score (nSPS) is 21.5. The lowest BCUT2D eigenvalue weighted by Crippen LogP contribution is -2.27. The SMILES string of the molecule is Cc1nn(CCC(=O)O)c(C)c1S(=O)(=O)NCC1CC1C. The highest BCUT2D eigenvalue weighted by Crippen LogP contribution is 2.37. The molecular weight excluding hydrogens is 294 g/mol. The van der Waals surface area contributed by atoms with Crippen molar-refractivity contribution >= 4 is 16.0 Å². The number of nitrogens with zero attached hydrogens (tertiary/aromatic N) is 2. The Bertz CT molecular complexity index is 651. The maximum Gasteiger partial charge on any atom is 0.305 e. The van der Waals surface area contributed by atoms with Crippen molar-refractivity contribution in [2.75, 3.05) is 6.54 Å². The molecule has 1 aliphatic rings. The molecule has 118 valence electrons.